The van der Waals surface area contributed by atoms with Crippen LogP contribution in [0.4, 0.5) is 5.82 Å². The molecular weight excluding hydrogens is 240 g/mol. The Morgan fingerprint density at radius 2 is 2.36 bits per heavy atom. The molecule has 70 valence electrons. The van der Waals surface area contributed by atoms with Crippen molar-refractivity contribution in [1.82, 2.24) is 4.98 Å². The topological polar surface area (TPSA) is 24.9 Å². The molecule has 3 heteroatoms. The summed E-state index contributed by atoms with van der Waals surface area (Å²) in [7, 11) is 0. The van der Waals surface area contributed by atoms with E-state index >= 15 is 0 Å². The normalized spacial score (nSPS) is 27.6. The molecule has 2 heterocycles. The molecule has 0 amide bonds. The molecule has 0 saturated carbocycles. The molecule has 0 bridgehead atoms. The molecule has 1 aromatic rings. The standard InChI is InChI=1S/C11H9BrN2/c12-8-4-1-5-9-10(8)7-3-2-6-13-11(7)14-9/h1-6,9-10H,(H,13,14). The van der Waals surface area contributed by atoms with Crippen LogP contribution in [0, 0.1) is 0 Å². The van der Waals surface area contributed by atoms with Crippen molar-refractivity contribution in [2.45, 2.75) is 12.0 Å². The van der Waals surface area contributed by atoms with Crippen LogP contribution in [0.25, 0.3) is 0 Å². The summed E-state index contributed by atoms with van der Waals surface area (Å²) in [6.45, 7) is 0. The average Bonchev–Trinajstić information content (AvgIpc) is 2.57. The molecule has 1 aliphatic heterocycles. The molecule has 1 aromatic heterocycles. The zero-order valence-corrected chi connectivity index (χ0v) is 9.03. The molecule has 1 aliphatic carbocycles. The largest absolute Gasteiger partial charge is 0.363 e. The number of anilines is 1. The number of allylic oxidation sites excluding steroid dienone is 2. The molecule has 14 heavy (non-hydrogen) atoms. The van der Waals surface area contributed by atoms with E-state index in [4.69, 9.17) is 0 Å². The number of rotatable bonds is 0. The van der Waals surface area contributed by atoms with Crippen LogP contribution in [0.1, 0.15) is 11.5 Å². The van der Waals surface area contributed by atoms with Crippen molar-refractivity contribution >= 4 is 21.7 Å². The van der Waals surface area contributed by atoms with Crippen molar-refractivity contribution < 1.29 is 0 Å². The van der Waals surface area contributed by atoms with Crippen molar-refractivity contribution in [2.24, 2.45) is 0 Å². The lowest BCUT2D eigenvalue weighted by Crippen LogP contribution is -2.19. The zero-order chi connectivity index (χ0) is 9.54. The van der Waals surface area contributed by atoms with E-state index in [1.165, 1.54) is 10.0 Å². The van der Waals surface area contributed by atoms with Crippen molar-refractivity contribution in [1.29, 1.82) is 0 Å². The van der Waals surface area contributed by atoms with Gasteiger partial charge in [0, 0.05) is 22.2 Å². The van der Waals surface area contributed by atoms with E-state index in [1.807, 2.05) is 12.3 Å². The summed E-state index contributed by atoms with van der Waals surface area (Å²) < 4.78 is 1.23. The third-order valence-corrected chi connectivity index (χ3v) is 3.47. The van der Waals surface area contributed by atoms with Gasteiger partial charge in [0.2, 0.25) is 0 Å². The van der Waals surface area contributed by atoms with E-state index in [2.05, 4.69) is 50.5 Å². The van der Waals surface area contributed by atoms with Crippen molar-refractivity contribution in [3.8, 4) is 0 Å². The Labute approximate surface area is 90.9 Å². The maximum Gasteiger partial charge on any atom is 0.130 e. The Morgan fingerprint density at radius 1 is 1.43 bits per heavy atom. The van der Waals surface area contributed by atoms with Crippen LogP contribution in [0.3, 0.4) is 0 Å². The molecule has 0 saturated heterocycles. The predicted octanol–water partition coefficient (Wildman–Crippen LogP) is 2.81. The fraction of sp³-hybridized carbons (Fsp3) is 0.182. The molecule has 0 fully saturated rings. The summed E-state index contributed by atoms with van der Waals surface area (Å²) in [6, 6.07) is 4.48. The van der Waals surface area contributed by atoms with E-state index < -0.39 is 0 Å². The first-order valence-electron chi connectivity index (χ1n) is 4.61. The second-order valence-electron chi connectivity index (χ2n) is 3.53. The van der Waals surface area contributed by atoms with Gasteiger partial charge in [-0.25, -0.2) is 4.98 Å². The molecular formula is C11H9BrN2. The zero-order valence-electron chi connectivity index (χ0n) is 7.44. The molecule has 1 N–H and O–H groups in total. The number of hydrogen-bond donors (Lipinski definition) is 1. The summed E-state index contributed by atoms with van der Waals surface area (Å²) in [5.74, 6) is 1.42. The van der Waals surface area contributed by atoms with Crippen LogP contribution in [-0.2, 0) is 0 Å². The number of pyridine rings is 1. The van der Waals surface area contributed by atoms with E-state index in [-0.39, 0.29) is 0 Å². The van der Waals surface area contributed by atoms with E-state index in [1.54, 1.807) is 0 Å². The van der Waals surface area contributed by atoms with Crippen LogP contribution in [0.2, 0.25) is 0 Å². The summed E-state index contributed by atoms with van der Waals surface area (Å²) in [6.07, 6.45) is 8.18. The Hall–Kier alpha value is -1.09. The fourth-order valence-electron chi connectivity index (χ4n) is 2.07. The van der Waals surface area contributed by atoms with Gasteiger partial charge in [-0.05, 0) is 6.07 Å². The first-order valence-corrected chi connectivity index (χ1v) is 5.41. The highest BCUT2D eigenvalue weighted by Crippen LogP contribution is 2.43. The van der Waals surface area contributed by atoms with Crippen LogP contribution in [0.5, 0.6) is 0 Å². The average molecular weight is 249 g/mol. The molecule has 2 atom stereocenters. The maximum absolute atomic E-state index is 4.32. The lowest BCUT2D eigenvalue weighted by Gasteiger charge is -2.19. The minimum absolute atomic E-state index is 0.360. The summed E-state index contributed by atoms with van der Waals surface area (Å²) in [5.41, 5.74) is 1.28. The minimum atomic E-state index is 0.360. The number of hydrogen-bond acceptors (Lipinski definition) is 2. The molecule has 2 aliphatic rings. The highest BCUT2D eigenvalue weighted by molar-refractivity contribution is 9.11. The number of halogens is 1. The van der Waals surface area contributed by atoms with E-state index in [0.717, 1.165) is 5.82 Å². The van der Waals surface area contributed by atoms with Gasteiger partial charge in [-0.3, -0.25) is 0 Å². The Balaban J connectivity index is 2.14. The smallest absolute Gasteiger partial charge is 0.130 e. The Kier molecular flexibility index (Phi) is 1.74. The van der Waals surface area contributed by atoms with Gasteiger partial charge < -0.3 is 5.32 Å². The number of nitrogens with zero attached hydrogens (tertiary/aromatic N) is 1. The monoisotopic (exact) mass is 248 g/mol. The molecule has 0 aromatic carbocycles. The Bertz CT molecular complexity index is 437. The maximum atomic E-state index is 4.32. The summed E-state index contributed by atoms with van der Waals surface area (Å²) >= 11 is 3.61. The van der Waals surface area contributed by atoms with Gasteiger partial charge >= 0.3 is 0 Å². The minimum Gasteiger partial charge on any atom is -0.363 e. The number of fused-ring (bicyclic) bond motifs is 3. The third-order valence-electron chi connectivity index (χ3n) is 2.71. The third kappa shape index (κ3) is 1.05. The van der Waals surface area contributed by atoms with Gasteiger partial charge in [0.05, 0.1) is 6.04 Å². The van der Waals surface area contributed by atoms with Crippen molar-refractivity contribution in [2.75, 3.05) is 5.32 Å². The Morgan fingerprint density at radius 3 is 3.29 bits per heavy atom. The molecule has 0 spiro atoms. The lowest BCUT2D eigenvalue weighted by molar-refractivity contribution is 0.797. The predicted molar refractivity (Wildman–Crippen MR) is 60.5 cm³/mol. The molecule has 0 radical (unpaired) electrons. The van der Waals surface area contributed by atoms with Gasteiger partial charge in [-0.2, -0.15) is 0 Å². The van der Waals surface area contributed by atoms with E-state index in [9.17, 15) is 0 Å². The van der Waals surface area contributed by atoms with Gasteiger partial charge in [0.25, 0.3) is 0 Å². The number of nitrogens with one attached hydrogen (secondary N) is 1. The lowest BCUT2D eigenvalue weighted by atomic mass is 9.92. The van der Waals surface area contributed by atoms with Crippen LogP contribution >= 0.6 is 15.9 Å². The van der Waals surface area contributed by atoms with Gasteiger partial charge in [0.1, 0.15) is 5.82 Å². The summed E-state index contributed by atoms with van der Waals surface area (Å²) in [4.78, 5) is 4.32. The van der Waals surface area contributed by atoms with Crippen LogP contribution < -0.4 is 5.32 Å². The number of aromatic nitrogens is 1. The second kappa shape index (κ2) is 2.95. The second-order valence-corrected chi connectivity index (χ2v) is 4.44. The highest BCUT2D eigenvalue weighted by atomic mass is 79.9. The van der Waals surface area contributed by atoms with Gasteiger partial charge in [-0.1, -0.05) is 40.2 Å². The van der Waals surface area contributed by atoms with E-state index in [0.29, 0.717) is 12.0 Å². The quantitative estimate of drug-likeness (QED) is 0.764. The van der Waals surface area contributed by atoms with Crippen molar-refractivity contribution in [3.05, 3.63) is 46.6 Å². The van der Waals surface area contributed by atoms with Crippen LogP contribution in [0.15, 0.2) is 41.0 Å². The first-order chi connectivity index (χ1) is 6.86. The first kappa shape index (κ1) is 8.24. The summed E-state index contributed by atoms with van der Waals surface area (Å²) in [5, 5.41) is 3.40. The fourth-order valence-corrected chi connectivity index (χ4v) is 2.76. The molecule has 2 nitrogen and oxygen atoms in total. The van der Waals surface area contributed by atoms with Gasteiger partial charge in [0.15, 0.2) is 0 Å². The molecule has 2 unspecified atom stereocenters. The SMILES string of the molecule is BrC1=CC=CC2Nc3ncccc3C12. The highest BCUT2D eigenvalue weighted by Gasteiger charge is 2.34. The van der Waals surface area contributed by atoms with Crippen molar-refractivity contribution in [3.63, 3.8) is 0 Å². The van der Waals surface area contributed by atoms with Gasteiger partial charge in [-0.15, -0.1) is 0 Å². The van der Waals surface area contributed by atoms with Crippen LogP contribution in [-0.4, -0.2) is 11.0 Å². The molecule has 3 rings (SSSR count).